The van der Waals surface area contributed by atoms with Gasteiger partial charge in [0.25, 0.3) is 0 Å². The van der Waals surface area contributed by atoms with Crippen LogP contribution < -0.4 is 5.32 Å². The molecule has 92 valence electrons. The molecule has 2 nitrogen and oxygen atoms in total. The fourth-order valence-electron chi connectivity index (χ4n) is 2.09. The van der Waals surface area contributed by atoms with Crippen molar-refractivity contribution in [3.63, 3.8) is 0 Å². The number of rotatable bonds is 2. The summed E-state index contributed by atoms with van der Waals surface area (Å²) in [5.41, 5.74) is 2.97. The first-order chi connectivity index (χ1) is 6.75. The minimum absolute atomic E-state index is 0. The number of nitrogens with zero attached hydrogens (tertiary/aromatic N) is 1. The molecular formula is C12H20Cl2N2. The second-order valence-corrected chi connectivity index (χ2v) is 4.31. The Kier molecular flexibility index (Phi) is 7.00. The van der Waals surface area contributed by atoms with Crippen LogP contribution in [0.2, 0.25) is 0 Å². The number of hydrogen-bond acceptors (Lipinski definition) is 2. The lowest BCUT2D eigenvalue weighted by Gasteiger charge is -2.28. The van der Waals surface area contributed by atoms with E-state index in [2.05, 4.69) is 48.6 Å². The van der Waals surface area contributed by atoms with Gasteiger partial charge in [0.05, 0.1) is 0 Å². The molecule has 1 aromatic rings. The van der Waals surface area contributed by atoms with Gasteiger partial charge >= 0.3 is 0 Å². The maximum atomic E-state index is 3.56. The molecule has 0 radical (unpaired) electrons. The van der Waals surface area contributed by atoms with Crippen molar-refractivity contribution in [3.8, 4) is 0 Å². The Labute approximate surface area is 110 Å². The molecule has 0 fully saturated rings. The third kappa shape index (κ3) is 3.95. The molecule has 0 saturated carbocycles. The van der Waals surface area contributed by atoms with Gasteiger partial charge in [0.1, 0.15) is 0 Å². The van der Waals surface area contributed by atoms with Gasteiger partial charge in [-0.2, -0.15) is 0 Å². The number of fused-ring (bicyclic) bond motifs is 1. The molecular weight excluding hydrogens is 243 g/mol. The zero-order valence-electron chi connectivity index (χ0n) is 9.77. The molecule has 1 N–H and O–H groups in total. The van der Waals surface area contributed by atoms with Crippen LogP contribution in [0.25, 0.3) is 0 Å². The third-order valence-corrected chi connectivity index (χ3v) is 2.75. The van der Waals surface area contributed by atoms with Crippen molar-refractivity contribution in [1.29, 1.82) is 0 Å². The molecule has 0 aliphatic carbocycles. The Morgan fingerprint density at radius 3 is 2.44 bits per heavy atom. The zero-order chi connectivity index (χ0) is 9.97. The van der Waals surface area contributed by atoms with Crippen LogP contribution >= 0.6 is 24.8 Å². The molecule has 1 heterocycles. The van der Waals surface area contributed by atoms with Gasteiger partial charge in [-0.3, -0.25) is 0 Å². The van der Waals surface area contributed by atoms with E-state index in [0.29, 0.717) is 6.04 Å². The summed E-state index contributed by atoms with van der Waals surface area (Å²) in [7, 11) is 4.25. The van der Waals surface area contributed by atoms with Crippen molar-refractivity contribution in [2.45, 2.75) is 19.0 Å². The standard InChI is InChI=1S/C12H18N2.2ClH/c1-14(2)9-12-7-10-5-3-4-6-11(10)8-13-12;;/h3-6,12-13H,7-9H2,1-2H3;2*1H/t12-;;/m0../s1. The molecule has 4 heteroatoms. The van der Waals surface area contributed by atoms with Crippen LogP contribution in [0.15, 0.2) is 24.3 Å². The Bertz CT molecular complexity index is 316. The molecule has 0 bridgehead atoms. The quantitative estimate of drug-likeness (QED) is 0.879. The largest absolute Gasteiger partial charge is 0.308 e. The Balaban J connectivity index is 0.00000112. The van der Waals surface area contributed by atoms with Gasteiger partial charge < -0.3 is 10.2 Å². The van der Waals surface area contributed by atoms with Gasteiger partial charge in [0.15, 0.2) is 0 Å². The van der Waals surface area contributed by atoms with Crippen molar-refractivity contribution in [2.24, 2.45) is 0 Å². The molecule has 1 atom stereocenters. The summed E-state index contributed by atoms with van der Waals surface area (Å²) >= 11 is 0. The molecule has 1 aliphatic heterocycles. The Morgan fingerprint density at radius 1 is 1.19 bits per heavy atom. The van der Waals surface area contributed by atoms with Crippen LogP contribution in [-0.2, 0) is 13.0 Å². The van der Waals surface area contributed by atoms with E-state index in [4.69, 9.17) is 0 Å². The summed E-state index contributed by atoms with van der Waals surface area (Å²) < 4.78 is 0. The summed E-state index contributed by atoms with van der Waals surface area (Å²) in [6.07, 6.45) is 1.16. The molecule has 0 amide bonds. The highest BCUT2D eigenvalue weighted by molar-refractivity contribution is 5.85. The summed E-state index contributed by atoms with van der Waals surface area (Å²) in [6, 6.07) is 9.33. The average molecular weight is 263 g/mol. The second kappa shape index (κ2) is 7.13. The van der Waals surface area contributed by atoms with Crippen LogP contribution in [-0.4, -0.2) is 31.6 Å². The van der Waals surface area contributed by atoms with Crippen molar-refractivity contribution in [3.05, 3.63) is 35.4 Å². The number of hydrogen-bond donors (Lipinski definition) is 1. The summed E-state index contributed by atoms with van der Waals surface area (Å²) in [6.45, 7) is 2.14. The maximum absolute atomic E-state index is 3.56. The Morgan fingerprint density at radius 2 is 1.81 bits per heavy atom. The molecule has 16 heavy (non-hydrogen) atoms. The minimum Gasteiger partial charge on any atom is -0.308 e. The molecule has 0 spiro atoms. The van der Waals surface area contributed by atoms with E-state index in [1.807, 2.05) is 0 Å². The minimum atomic E-state index is 0. The van der Waals surface area contributed by atoms with E-state index in [1.54, 1.807) is 0 Å². The molecule has 1 aliphatic rings. The van der Waals surface area contributed by atoms with Gasteiger partial charge in [0, 0.05) is 19.1 Å². The first-order valence-corrected chi connectivity index (χ1v) is 5.20. The lowest BCUT2D eigenvalue weighted by molar-refractivity contribution is 0.326. The SMILES string of the molecule is CN(C)C[C@@H]1Cc2ccccc2CN1.Cl.Cl. The van der Waals surface area contributed by atoms with Gasteiger partial charge in [-0.15, -0.1) is 24.8 Å². The van der Waals surface area contributed by atoms with Gasteiger partial charge in [-0.05, 0) is 31.6 Å². The highest BCUT2D eigenvalue weighted by atomic mass is 35.5. The van der Waals surface area contributed by atoms with Gasteiger partial charge in [-0.25, -0.2) is 0 Å². The fraction of sp³-hybridized carbons (Fsp3) is 0.500. The Hall–Kier alpha value is -0.280. The first kappa shape index (κ1) is 15.7. The van der Waals surface area contributed by atoms with E-state index in [9.17, 15) is 0 Å². The van der Waals surface area contributed by atoms with Gasteiger partial charge in [0.2, 0.25) is 0 Å². The molecule has 2 rings (SSSR count). The van der Waals surface area contributed by atoms with Crippen molar-refractivity contribution in [2.75, 3.05) is 20.6 Å². The maximum Gasteiger partial charge on any atom is 0.0238 e. The lowest BCUT2D eigenvalue weighted by Crippen LogP contribution is -2.42. The van der Waals surface area contributed by atoms with E-state index in [1.165, 1.54) is 11.1 Å². The smallest absolute Gasteiger partial charge is 0.0238 e. The highest BCUT2D eigenvalue weighted by Gasteiger charge is 2.17. The normalized spacial score (nSPS) is 18.3. The lowest BCUT2D eigenvalue weighted by atomic mass is 9.96. The summed E-state index contributed by atoms with van der Waals surface area (Å²) in [5, 5.41) is 3.56. The fourth-order valence-corrected chi connectivity index (χ4v) is 2.09. The number of halogens is 2. The van der Waals surface area contributed by atoms with Crippen LogP contribution in [0.5, 0.6) is 0 Å². The van der Waals surface area contributed by atoms with Crippen molar-refractivity contribution in [1.82, 2.24) is 10.2 Å². The van der Waals surface area contributed by atoms with Gasteiger partial charge in [-0.1, -0.05) is 24.3 Å². The molecule has 0 unspecified atom stereocenters. The van der Waals surface area contributed by atoms with E-state index in [-0.39, 0.29) is 24.8 Å². The van der Waals surface area contributed by atoms with Crippen molar-refractivity contribution < 1.29 is 0 Å². The third-order valence-electron chi connectivity index (χ3n) is 2.75. The number of nitrogens with one attached hydrogen (secondary N) is 1. The average Bonchev–Trinajstić information content (AvgIpc) is 2.17. The topological polar surface area (TPSA) is 15.3 Å². The zero-order valence-corrected chi connectivity index (χ0v) is 11.4. The molecule has 0 saturated heterocycles. The van der Waals surface area contributed by atoms with E-state index >= 15 is 0 Å². The monoisotopic (exact) mass is 262 g/mol. The van der Waals surface area contributed by atoms with Crippen LogP contribution in [0.3, 0.4) is 0 Å². The van der Waals surface area contributed by atoms with Crippen molar-refractivity contribution >= 4 is 24.8 Å². The molecule has 0 aromatic heterocycles. The van der Waals surface area contributed by atoms with Crippen LogP contribution in [0.1, 0.15) is 11.1 Å². The predicted octanol–water partition coefficient (Wildman–Crippen LogP) is 2.11. The second-order valence-electron chi connectivity index (χ2n) is 4.31. The predicted molar refractivity (Wildman–Crippen MR) is 73.8 cm³/mol. The summed E-state index contributed by atoms with van der Waals surface area (Å²) in [5.74, 6) is 0. The summed E-state index contributed by atoms with van der Waals surface area (Å²) in [4.78, 5) is 2.24. The number of likely N-dealkylation sites (N-methyl/N-ethyl adjacent to an activating group) is 1. The van der Waals surface area contributed by atoms with E-state index < -0.39 is 0 Å². The van der Waals surface area contributed by atoms with E-state index in [0.717, 1.165) is 19.5 Å². The first-order valence-electron chi connectivity index (χ1n) is 5.20. The molecule has 1 aromatic carbocycles. The van der Waals surface area contributed by atoms with Crippen LogP contribution in [0, 0.1) is 0 Å². The van der Waals surface area contributed by atoms with Crippen LogP contribution in [0.4, 0.5) is 0 Å². The highest BCUT2D eigenvalue weighted by Crippen LogP contribution is 2.16. The number of benzene rings is 1.